The Morgan fingerprint density at radius 3 is 2.60 bits per heavy atom. The lowest BCUT2D eigenvalue weighted by Gasteiger charge is -2.13. The van der Waals surface area contributed by atoms with E-state index in [1.54, 1.807) is 5.38 Å². The highest BCUT2D eigenvalue weighted by Crippen LogP contribution is 2.24. The lowest BCUT2D eigenvalue weighted by molar-refractivity contribution is 0.0935. The molecule has 0 aliphatic carbocycles. The molecule has 25 heavy (non-hydrogen) atoms. The SMILES string of the molecule is Cc1ccc(Nc2nc(C(=O)NC(C)c3ccccc3)cs2)c(C)c1. The van der Waals surface area contributed by atoms with E-state index < -0.39 is 0 Å². The van der Waals surface area contributed by atoms with Gasteiger partial charge >= 0.3 is 0 Å². The molecule has 0 aliphatic rings. The molecule has 1 aromatic heterocycles. The Balaban J connectivity index is 1.67. The van der Waals surface area contributed by atoms with Gasteiger partial charge in [0, 0.05) is 11.1 Å². The molecular weight excluding hydrogens is 330 g/mol. The largest absolute Gasteiger partial charge is 0.344 e. The van der Waals surface area contributed by atoms with Gasteiger partial charge in [-0.15, -0.1) is 11.3 Å². The molecule has 1 atom stereocenters. The van der Waals surface area contributed by atoms with Gasteiger partial charge in [-0.3, -0.25) is 4.79 Å². The van der Waals surface area contributed by atoms with Gasteiger partial charge in [0.25, 0.3) is 5.91 Å². The molecule has 3 aromatic rings. The summed E-state index contributed by atoms with van der Waals surface area (Å²) in [5.74, 6) is -0.165. The van der Waals surface area contributed by atoms with Crippen molar-refractivity contribution in [1.29, 1.82) is 0 Å². The van der Waals surface area contributed by atoms with E-state index in [2.05, 4.69) is 41.6 Å². The van der Waals surface area contributed by atoms with Gasteiger partial charge in [-0.2, -0.15) is 0 Å². The summed E-state index contributed by atoms with van der Waals surface area (Å²) >= 11 is 1.43. The van der Waals surface area contributed by atoms with E-state index in [0.717, 1.165) is 16.8 Å². The molecular formula is C20H21N3OS. The van der Waals surface area contributed by atoms with Crippen molar-refractivity contribution in [1.82, 2.24) is 10.3 Å². The number of nitrogens with one attached hydrogen (secondary N) is 2. The molecule has 0 spiro atoms. The zero-order valence-corrected chi connectivity index (χ0v) is 15.4. The molecule has 3 rings (SSSR count). The number of aryl methyl sites for hydroxylation is 2. The average Bonchev–Trinajstić information content (AvgIpc) is 3.07. The van der Waals surface area contributed by atoms with Crippen LogP contribution in [0.3, 0.4) is 0 Å². The molecule has 0 fully saturated rings. The first kappa shape index (κ1) is 17.2. The normalized spacial score (nSPS) is 11.8. The van der Waals surface area contributed by atoms with Crippen LogP contribution in [-0.4, -0.2) is 10.9 Å². The maximum atomic E-state index is 12.4. The van der Waals surface area contributed by atoms with Crippen molar-refractivity contribution in [2.24, 2.45) is 0 Å². The van der Waals surface area contributed by atoms with Gasteiger partial charge in [0.05, 0.1) is 6.04 Å². The molecule has 1 unspecified atom stereocenters. The second-order valence-corrected chi connectivity index (χ2v) is 6.95. The van der Waals surface area contributed by atoms with Gasteiger partial charge in [-0.1, -0.05) is 48.0 Å². The summed E-state index contributed by atoms with van der Waals surface area (Å²) in [6.45, 7) is 6.09. The smallest absolute Gasteiger partial charge is 0.271 e. The first-order valence-electron chi connectivity index (χ1n) is 8.18. The van der Waals surface area contributed by atoms with Crippen molar-refractivity contribution >= 4 is 28.1 Å². The predicted octanol–water partition coefficient (Wildman–Crippen LogP) is 4.99. The molecule has 0 bridgehead atoms. The number of carbonyl (C=O) groups is 1. The number of carbonyl (C=O) groups excluding carboxylic acids is 1. The first-order valence-corrected chi connectivity index (χ1v) is 9.06. The standard InChI is InChI=1S/C20H21N3OS/c1-13-9-10-17(14(2)11-13)22-20-23-18(12-25-20)19(24)21-15(3)16-7-5-4-6-8-16/h4-12,15H,1-3H3,(H,21,24)(H,22,23). The van der Waals surface area contributed by atoms with Crippen LogP contribution in [0.2, 0.25) is 0 Å². The van der Waals surface area contributed by atoms with Crippen LogP contribution in [0.4, 0.5) is 10.8 Å². The summed E-state index contributed by atoms with van der Waals surface area (Å²) in [7, 11) is 0. The molecule has 0 radical (unpaired) electrons. The second kappa shape index (κ2) is 7.49. The molecule has 0 saturated carbocycles. The highest BCUT2D eigenvalue weighted by atomic mass is 32.1. The summed E-state index contributed by atoms with van der Waals surface area (Å²) < 4.78 is 0. The summed E-state index contributed by atoms with van der Waals surface area (Å²) in [5, 5.41) is 8.76. The topological polar surface area (TPSA) is 54.0 Å². The van der Waals surface area contributed by atoms with Crippen LogP contribution in [0.1, 0.15) is 40.1 Å². The average molecular weight is 351 g/mol. The number of thiazole rings is 1. The molecule has 2 aromatic carbocycles. The summed E-state index contributed by atoms with van der Waals surface area (Å²) in [6, 6.07) is 16.0. The Labute approximate surface area is 151 Å². The van der Waals surface area contributed by atoms with Crippen LogP contribution in [-0.2, 0) is 0 Å². The highest BCUT2D eigenvalue weighted by Gasteiger charge is 2.14. The molecule has 2 N–H and O–H groups in total. The second-order valence-electron chi connectivity index (χ2n) is 6.09. The van der Waals surface area contributed by atoms with Crippen LogP contribution in [0.25, 0.3) is 0 Å². The van der Waals surface area contributed by atoms with Crippen molar-refractivity contribution in [3.05, 3.63) is 76.3 Å². The summed E-state index contributed by atoms with van der Waals surface area (Å²) in [6.07, 6.45) is 0. The Bertz CT molecular complexity index is 874. The Morgan fingerprint density at radius 1 is 1.12 bits per heavy atom. The van der Waals surface area contributed by atoms with E-state index >= 15 is 0 Å². The van der Waals surface area contributed by atoms with Crippen molar-refractivity contribution < 1.29 is 4.79 Å². The quantitative estimate of drug-likeness (QED) is 0.680. The van der Waals surface area contributed by atoms with Crippen molar-refractivity contribution in [3.8, 4) is 0 Å². The minimum atomic E-state index is -0.165. The monoisotopic (exact) mass is 351 g/mol. The highest BCUT2D eigenvalue weighted by molar-refractivity contribution is 7.14. The fourth-order valence-corrected chi connectivity index (χ4v) is 3.30. The minimum Gasteiger partial charge on any atom is -0.344 e. The third-order valence-corrected chi connectivity index (χ3v) is 4.77. The number of hydrogen-bond donors (Lipinski definition) is 2. The van der Waals surface area contributed by atoms with Gasteiger partial charge in [-0.25, -0.2) is 4.98 Å². The number of benzene rings is 2. The minimum absolute atomic E-state index is 0.0637. The Morgan fingerprint density at radius 2 is 1.88 bits per heavy atom. The maximum absolute atomic E-state index is 12.4. The molecule has 4 nitrogen and oxygen atoms in total. The molecule has 1 heterocycles. The fraction of sp³-hybridized carbons (Fsp3) is 0.200. The Kier molecular flexibility index (Phi) is 5.14. The molecule has 128 valence electrons. The number of nitrogens with zero attached hydrogens (tertiary/aromatic N) is 1. The van der Waals surface area contributed by atoms with E-state index in [9.17, 15) is 4.79 Å². The molecule has 0 aliphatic heterocycles. The lowest BCUT2D eigenvalue weighted by Crippen LogP contribution is -2.26. The first-order chi connectivity index (χ1) is 12.0. The van der Waals surface area contributed by atoms with Crippen molar-refractivity contribution in [2.75, 3.05) is 5.32 Å². The van der Waals surface area contributed by atoms with Gasteiger partial charge in [-0.05, 0) is 38.0 Å². The number of aromatic nitrogens is 1. The molecule has 5 heteroatoms. The summed E-state index contributed by atoms with van der Waals surface area (Å²) in [5.41, 5.74) is 4.88. The lowest BCUT2D eigenvalue weighted by atomic mass is 10.1. The van der Waals surface area contributed by atoms with Gasteiger partial charge < -0.3 is 10.6 Å². The van der Waals surface area contributed by atoms with Gasteiger partial charge in [0.1, 0.15) is 5.69 Å². The summed E-state index contributed by atoms with van der Waals surface area (Å²) in [4.78, 5) is 16.8. The zero-order valence-electron chi connectivity index (χ0n) is 14.5. The van der Waals surface area contributed by atoms with Crippen LogP contribution < -0.4 is 10.6 Å². The Hall–Kier alpha value is -2.66. The van der Waals surface area contributed by atoms with Gasteiger partial charge in [0.2, 0.25) is 0 Å². The van der Waals surface area contributed by atoms with E-state index in [0.29, 0.717) is 10.8 Å². The third kappa shape index (κ3) is 4.25. The van der Waals surface area contributed by atoms with Crippen LogP contribution in [0.5, 0.6) is 0 Å². The van der Waals surface area contributed by atoms with Crippen LogP contribution in [0.15, 0.2) is 53.9 Å². The van der Waals surface area contributed by atoms with Crippen molar-refractivity contribution in [2.45, 2.75) is 26.8 Å². The van der Waals surface area contributed by atoms with Crippen LogP contribution >= 0.6 is 11.3 Å². The molecule has 1 amide bonds. The maximum Gasteiger partial charge on any atom is 0.271 e. The third-order valence-electron chi connectivity index (χ3n) is 4.01. The number of hydrogen-bond acceptors (Lipinski definition) is 4. The van der Waals surface area contributed by atoms with Crippen LogP contribution in [0, 0.1) is 13.8 Å². The zero-order chi connectivity index (χ0) is 17.8. The predicted molar refractivity (Wildman–Crippen MR) is 104 cm³/mol. The number of rotatable bonds is 5. The van der Waals surface area contributed by atoms with E-state index in [1.165, 1.54) is 16.9 Å². The number of amides is 1. The number of anilines is 2. The van der Waals surface area contributed by atoms with Gasteiger partial charge in [0.15, 0.2) is 5.13 Å². The van der Waals surface area contributed by atoms with Crippen molar-refractivity contribution in [3.63, 3.8) is 0 Å². The van der Waals surface area contributed by atoms with E-state index in [-0.39, 0.29) is 11.9 Å². The molecule has 0 saturated heterocycles. The van der Waals surface area contributed by atoms with E-state index in [4.69, 9.17) is 0 Å². The fourth-order valence-electron chi connectivity index (χ4n) is 2.60. The van der Waals surface area contributed by atoms with E-state index in [1.807, 2.05) is 43.3 Å².